The molecule has 0 saturated heterocycles. The zero-order chi connectivity index (χ0) is 15.3. The number of imidazole rings is 1. The summed E-state index contributed by atoms with van der Waals surface area (Å²) in [5.74, 6) is 1.88. The Morgan fingerprint density at radius 2 is 2.00 bits per heavy atom. The van der Waals surface area contributed by atoms with E-state index in [4.69, 9.17) is 4.98 Å². The standard InChI is InChI=1S/C17H29N3/c1-8-9-14(4)17-15(12-19(5)6)18-16(20(17)7)11-10-13(2)3/h8-9,12-13H,10-11H2,1-7H3/b9-8-,15-12+,17-14-. The Morgan fingerprint density at radius 3 is 2.50 bits per heavy atom. The molecule has 0 N–H and O–H groups in total. The van der Waals surface area contributed by atoms with Gasteiger partial charge in [-0.3, -0.25) is 0 Å². The summed E-state index contributed by atoms with van der Waals surface area (Å²) in [6.07, 6.45) is 8.53. The van der Waals surface area contributed by atoms with E-state index in [0.29, 0.717) is 5.92 Å². The van der Waals surface area contributed by atoms with Crippen LogP contribution in [0.4, 0.5) is 0 Å². The minimum absolute atomic E-state index is 0.706. The lowest BCUT2D eigenvalue weighted by molar-refractivity contribution is 0.565. The first-order chi connectivity index (χ1) is 9.36. The summed E-state index contributed by atoms with van der Waals surface area (Å²) >= 11 is 0. The van der Waals surface area contributed by atoms with Crippen LogP contribution < -0.4 is 10.7 Å². The van der Waals surface area contributed by atoms with Crippen molar-refractivity contribution in [3.05, 3.63) is 28.7 Å². The number of allylic oxidation sites excluding steroid dienone is 2. The molecule has 0 amide bonds. The topological polar surface area (TPSA) is 21.1 Å². The molecule has 3 nitrogen and oxygen atoms in total. The second-order valence-electron chi connectivity index (χ2n) is 6.03. The smallest absolute Gasteiger partial charge is 0.109 e. The lowest BCUT2D eigenvalue weighted by atomic mass is 10.1. The fourth-order valence-corrected chi connectivity index (χ4v) is 2.34. The largest absolute Gasteiger partial charge is 0.382 e. The van der Waals surface area contributed by atoms with Gasteiger partial charge in [0, 0.05) is 33.8 Å². The molecule has 1 aromatic heterocycles. The summed E-state index contributed by atoms with van der Waals surface area (Å²) in [6.45, 7) is 8.72. The quantitative estimate of drug-likeness (QED) is 0.820. The van der Waals surface area contributed by atoms with Crippen LogP contribution in [0.1, 0.15) is 39.9 Å². The normalized spacial score (nSPS) is 14.5. The Balaban J connectivity index is 3.44. The molecule has 1 aromatic rings. The van der Waals surface area contributed by atoms with Gasteiger partial charge in [-0.05, 0) is 31.8 Å². The van der Waals surface area contributed by atoms with Crippen molar-refractivity contribution in [3.63, 3.8) is 0 Å². The molecule has 0 bridgehead atoms. The summed E-state index contributed by atoms with van der Waals surface area (Å²) in [7, 11) is 6.20. The molecule has 112 valence electrons. The van der Waals surface area contributed by atoms with E-state index in [2.05, 4.69) is 62.6 Å². The van der Waals surface area contributed by atoms with Crippen LogP contribution in [0, 0.1) is 5.92 Å². The van der Waals surface area contributed by atoms with Crippen molar-refractivity contribution in [1.82, 2.24) is 14.5 Å². The first-order valence-electron chi connectivity index (χ1n) is 7.40. The summed E-state index contributed by atoms with van der Waals surface area (Å²) in [6, 6.07) is 0. The summed E-state index contributed by atoms with van der Waals surface area (Å²) in [5.41, 5.74) is 1.26. The van der Waals surface area contributed by atoms with Gasteiger partial charge >= 0.3 is 0 Å². The number of aryl methyl sites for hydroxylation is 1. The first-order valence-corrected chi connectivity index (χ1v) is 7.40. The number of rotatable bonds is 5. The first kappa shape index (κ1) is 16.5. The highest BCUT2D eigenvalue weighted by Crippen LogP contribution is 2.04. The van der Waals surface area contributed by atoms with E-state index in [0.717, 1.165) is 11.8 Å². The van der Waals surface area contributed by atoms with Gasteiger partial charge in [-0.1, -0.05) is 26.0 Å². The van der Waals surface area contributed by atoms with Crippen molar-refractivity contribution in [2.45, 2.75) is 40.5 Å². The van der Waals surface area contributed by atoms with Gasteiger partial charge < -0.3 is 9.47 Å². The molecule has 0 aliphatic carbocycles. The highest BCUT2D eigenvalue weighted by atomic mass is 15.1. The van der Waals surface area contributed by atoms with Crippen LogP contribution in [0.5, 0.6) is 0 Å². The van der Waals surface area contributed by atoms with Gasteiger partial charge in [0.15, 0.2) is 0 Å². The summed E-state index contributed by atoms with van der Waals surface area (Å²) < 4.78 is 2.24. The predicted octanol–water partition coefficient (Wildman–Crippen LogP) is 2.05. The third kappa shape index (κ3) is 4.26. The van der Waals surface area contributed by atoms with E-state index in [1.54, 1.807) is 0 Å². The maximum Gasteiger partial charge on any atom is 0.109 e. The minimum atomic E-state index is 0.706. The summed E-state index contributed by atoms with van der Waals surface area (Å²) in [4.78, 5) is 6.89. The molecular weight excluding hydrogens is 246 g/mol. The highest BCUT2D eigenvalue weighted by Gasteiger charge is 2.07. The number of hydrogen-bond donors (Lipinski definition) is 0. The van der Waals surface area contributed by atoms with Crippen LogP contribution in [0.3, 0.4) is 0 Å². The van der Waals surface area contributed by atoms with Crippen LogP contribution in [0.15, 0.2) is 12.2 Å². The van der Waals surface area contributed by atoms with Gasteiger partial charge in [-0.25, -0.2) is 4.98 Å². The molecule has 0 saturated carbocycles. The SMILES string of the molecule is C\C=C/C(C)=c1/c(=C\N(C)C)nc(CCC(C)C)n1C. The van der Waals surface area contributed by atoms with Gasteiger partial charge in [-0.15, -0.1) is 0 Å². The van der Waals surface area contributed by atoms with E-state index >= 15 is 0 Å². The van der Waals surface area contributed by atoms with Crippen LogP contribution in [-0.4, -0.2) is 28.5 Å². The van der Waals surface area contributed by atoms with Gasteiger partial charge in [0.25, 0.3) is 0 Å². The van der Waals surface area contributed by atoms with E-state index in [1.165, 1.54) is 23.2 Å². The second-order valence-corrected chi connectivity index (χ2v) is 6.03. The molecule has 20 heavy (non-hydrogen) atoms. The fraction of sp³-hybridized carbons (Fsp3) is 0.588. The maximum absolute atomic E-state index is 4.84. The van der Waals surface area contributed by atoms with Gasteiger partial charge in [-0.2, -0.15) is 0 Å². The zero-order valence-corrected chi connectivity index (χ0v) is 14.1. The van der Waals surface area contributed by atoms with Crippen molar-refractivity contribution >= 4 is 11.8 Å². The van der Waals surface area contributed by atoms with E-state index < -0.39 is 0 Å². The lowest BCUT2D eigenvalue weighted by Gasteiger charge is -2.05. The molecule has 0 spiro atoms. The summed E-state index contributed by atoms with van der Waals surface area (Å²) in [5, 5.41) is 2.28. The highest BCUT2D eigenvalue weighted by molar-refractivity contribution is 5.53. The van der Waals surface area contributed by atoms with Gasteiger partial charge in [0.2, 0.25) is 0 Å². The van der Waals surface area contributed by atoms with Crippen LogP contribution >= 0.6 is 0 Å². The van der Waals surface area contributed by atoms with E-state index in [-0.39, 0.29) is 0 Å². The minimum Gasteiger partial charge on any atom is -0.382 e. The third-order valence-electron chi connectivity index (χ3n) is 3.33. The van der Waals surface area contributed by atoms with Crippen molar-refractivity contribution in [2.75, 3.05) is 14.1 Å². The molecule has 1 rings (SSSR count). The average Bonchev–Trinajstić information content (AvgIpc) is 2.62. The number of nitrogens with zero attached hydrogens (tertiary/aromatic N) is 3. The Morgan fingerprint density at radius 1 is 1.35 bits per heavy atom. The van der Waals surface area contributed by atoms with Crippen molar-refractivity contribution in [2.24, 2.45) is 13.0 Å². The lowest BCUT2D eigenvalue weighted by Crippen LogP contribution is -2.32. The Bertz CT molecular complexity index is 574. The van der Waals surface area contributed by atoms with Crippen LogP contribution in [-0.2, 0) is 13.5 Å². The van der Waals surface area contributed by atoms with Crippen LogP contribution in [0.25, 0.3) is 11.8 Å². The molecule has 0 aromatic carbocycles. The molecule has 1 heterocycles. The second kappa shape index (κ2) is 7.32. The Kier molecular flexibility index (Phi) is 6.05. The average molecular weight is 275 g/mol. The molecular formula is C17H29N3. The Labute approximate surface area is 123 Å². The monoisotopic (exact) mass is 275 g/mol. The Hall–Kier alpha value is -1.51. The fourth-order valence-electron chi connectivity index (χ4n) is 2.34. The van der Waals surface area contributed by atoms with Gasteiger partial charge in [0.05, 0.1) is 5.35 Å². The van der Waals surface area contributed by atoms with Gasteiger partial charge in [0.1, 0.15) is 11.2 Å². The molecule has 3 heteroatoms. The molecule has 0 aliphatic rings. The molecule has 0 atom stereocenters. The number of aromatic nitrogens is 2. The molecule has 0 fully saturated rings. The predicted molar refractivity (Wildman–Crippen MR) is 87.7 cm³/mol. The van der Waals surface area contributed by atoms with Crippen LogP contribution in [0.2, 0.25) is 0 Å². The van der Waals surface area contributed by atoms with Crippen molar-refractivity contribution in [3.8, 4) is 0 Å². The zero-order valence-electron chi connectivity index (χ0n) is 14.1. The molecule has 0 aliphatic heterocycles. The molecule has 0 radical (unpaired) electrons. The van der Waals surface area contributed by atoms with E-state index in [1.807, 2.05) is 14.1 Å². The van der Waals surface area contributed by atoms with Crippen molar-refractivity contribution in [1.29, 1.82) is 0 Å². The van der Waals surface area contributed by atoms with E-state index in [9.17, 15) is 0 Å². The molecule has 0 unspecified atom stereocenters. The maximum atomic E-state index is 4.84. The third-order valence-corrected chi connectivity index (χ3v) is 3.33. The number of hydrogen-bond acceptors (Lipinski definition) is 2. The van der Waals surface area contributed by atoms with Crippen molar-refractivity contribution < 1.29 is 0 Å².